The lowest BCUT2D eigenvalue weighted by atomic mass is 9.99. The van der Waals surface area contributed by atoms with Crippen molar-refractivity contribution in [3.05, 3.63) is 75.3 Å². The molecule has 3 rings (SSSR count). The molecule has 4 nitrogen and oxygen atoms in total. The van der Waals surface area contributed by atoms with Gasteiger partial charge >= 0.3 is 5.97 Å². The first-order chi connectivity index (χ1) is 13.0. The molecular weight excluding hydrogens is 385 g/mol. The molecule has 1 heterocycles. The molecule has 1 unspecified atom stereocenters. The summed E-state index contributed by atoms with van der Waals surface area (Å²) in [5, 5.41) is 0.764. The summed E-state index contributed by atoms with van der Waals surface area (Å²) in [4.78, 5) is 26.4. The summed E-state index contributed by atoms with van der Waals surface area (Å²) in [5.41, 5.74) is 2.99. The summed E-state index contributed by atoms with van der Waals surface area (Å²) in [6.45, 7) is 2.73. The molecular formula is C21H19Cl2NO3. The van der Waals surface area contributed by atoms with Gasteiger partial charge in [-0.2, -0.15) is 0 Å². The van der Waals surface area contributed by atoms with E-state index in [2.05, 4.69) is 6.07 Å². The third-order valence-electron chi connectivity index (χ3n) is 4.46. The fraction of sp³-hybridized carbons (Fsp3) is 0.238. The number of hydrogen-bond donors (Lipinski definition) is 0. The van der Waals surface area contributed by atoms with Gasteiger partial charge in [-0.25, -0.2) is 4.79 Å². The Morgan fingerprint density at radius 2 is 1.85 bits per heavy atom. The summed E-state index contributed by atoms with van der Waals surface area (Å²) in [6, 6.07) is 13.2. The molecule has 0 saturated heterocycles. The van der Waals surface area contributed by atoms with E-state index >= 15 is 0 Å². The number of rotatable bonds is 4. The van der Waals surface area contributed by atoms with Crippen LogP contribution in [0.1, 0.15) is 23.6 Å². The molecule has 1 aliphatic rings. The summed E-state index contributed by atoms with van der Waals surface area (Å²) < 4.78 is 5.25. The second-order valence-electron chi connectivity index (χ2n) is 6.33. The van der Waals surface area contributed by atoms with Crippen LogP contribution in [0.15, 0.2) is 48.5 Å². The number of fused-ring (bicyclic) bond motifs is 1. The molecule has 0 aliphatic carbocycles. The maximum atomic E-state index is 12.6. The van der Waals surface area contributed by atoms with Crippen molar-refractivity contribution < 1.29 is 14.3 Å². The van der Waals surface area contributed by atoms with Crippen LogP contribution in [0.5, 0.6) is 0 Å². The zero-order chi connectivity index (χ0) is 19.4. The molecule has 2 aromatic rings. The van der Waals surface area contributed by atoms with E-state index in [0.717, 1.165) is 12.0 Å². The molecule has 0 bridgehead atoms. The number of halogens is 2. The van der Waals surface area contributed by atoms with Gasteiger partial charge in [-0.05, 0) is 42.2 Å². The molecule has 0 aromatic heterocycles. The fourth-order valence-electron chi connectivity index (χ4n) is 3.01. The average molecular weight is 404 g/mol. The third-order valence-corrected chi connectivity index (χ3v) is 5.30. The summed E-state index contributed by atoms with van der Waals surface area (Å²) in [7, 11) is 0. The molecule has 0 N–H and O–H groups in total. The van der Waals surface area contributed by atoms with Crippen molar-refractivity contribution >= 4 is 41.2 Å². The van der Waals surface area contributed by atoms with Crippen molar-refractivity contribution in [3.63, 3.8) is 0 Å². The molecule has 0 radical (unpaired) electrons. The van der Waals surface area contributed by atoms with E-state index in [1.165, 1.54) is 17.7 Å². The first-order valence-electron chi connectivity index (χ1n) is 8.64. The highest BCUT2D eigenvalue weighted by atomic mass is 35.5. The number of carbonyl (C=O) groups is 2. The average Bonchev–Trinajstić information content (AvgIpc) is 2.68. The van der Waals surface area contributed by atoms with Crippen molar-refractivity contribution in [1.82, 2.24) is 4.90 Å². The predicted molar refractivity (Wildman–Crippen MR) is 107 cm³/mol. The quantitative estimate of drug-likeness (QED) is 0.556. The Hall–Kier alpha value is -2.30. The van der Waals surface area contributed by atoms with Crippen molar-refractivity contribution in [3.8, 4) is 0 Å². The zero-order valence-electron chi connectivity index (χ0n) is 14.8. The number of hydrogen-bond acceptors (Lipinski definition) is 3. The van der Waals surface area contributed by atoms with Crippen LogP contribution in [0, 0.1) is 0 Å². The Labute approximate surface area is 168 Å². The van der Waals surface area contributed by atoms with E-state index < -0.39 is 12.1 Å². The lowest BCUT2D eigenvalue weighted by Gasteiger charge is -2.30. The van der Waals surface area contributed by atoms with Crippen molar-refractivity contribution in [2.24, 2.45) is 0 Å². The van der Waals surface area contributed by atoms with Gasteiger partial charge < -0.3 is 9.64 Å². The topological polar surface area (TPSA) is 46.6 Å². The Morgan fingerprint density at radius 3 is 2.63 bits per heavy atom. The normalized spacial score (nSPS) is 14.7. The van der Waals surface area contributed by atoms with Gasteiger partial charge in [0.05, 0.1) is 10.0 Å². The second-order valence-corrected chi connectivity index (χ2v) is 7.12. The summed E-state index contributed by atoms with van der Waals surface area (Å²) >= 11 is 12.0. The Kier molecular flexibility index (Phi) is 6.19. The molecule has 1 aliphatic heterocycles. The van der Waals surface area contributed by atoms with Crippen LogP contribution in [-0.4, -0.2) is 29.4 Å². The van der Waals surface area contributed by atoms with Gasteiger partial charge in [0.25, 0.3) is 5.91 Å². The van der Waals surface area contributed by atoms with Gasteiger partial charge in [-0.1, -0.05) is 59.6 Å². The number of nitrogens with zero attached hydrogens (tertiary/aromatic N) is 1. The minimum atomic E-state index is -0.859. The second kappa shape index (κ2) is 8.59. The summed E-state index contributed by atoms with van der Waals surface area (Å²) in [5.74, 6) is -0.809. The molecule has 0 fully saturated rings. The molecule has 0 spiro atoms. The molecule has 6 heteroatoms. The number of benzene rings is 2. The van der Waals surface area contributed by atoms with Crippen LogP contribution < -0.4 is 0 Å². The van der Waals surface area contributed by atoms with E-state index in [0.29, 0.717) is 28.7 Å². The first kappa shape index (κ1) is 19.5. The van der Waals surface area contributed by atoms with E-state index in [1.54, 1.807) is 30.0 Å². The number of carbonyl (C=O) groups excluding carboxylic acids is 2. The highest BCUT2D eigenvalue weighted by Crippen LogP contribution is 2.26. The van der Waals surface area contributed by atoms with E-state index in [4.69, 9.17) is 27.9 Å². The first-order valence-corrected chi connectivity index (χ1v) is 9.39. The number of esters is 1. The van der Waals surface area contributed by atoms with Crippen LogP contribution in [-0.2, 0) is 27.3 Å². The van der Waals surface area contributed by atoms with Crippen LogP contribution in [0.4, 0.5) is 0 Å². The van der Waals surface area contributed by atoms with E-state index in [-0.39, 0.29) is 5.91 Å². The number of ether oxygens (including phenoxy) is 1. The third kappa shape index (κ3) is 4.71. The molecule has 0 saturated carbocycles. The minimum absolute atomic E-state index is 0.202. The highest BCUT2D eigenvalue weighted by Gasteiger charge is 2.26. The van der Waals surface area contributed by atoms with Gasteiger partial charge in [0, 0.05) is 19.2 Å². The molecule has 2 aromatic carbocycles. The van der Waals surface area contributed by atoms with Gasteiger partial charge in [0.2, 0.25) is 0 Å². The standard InChI is InChI=1S/C21H19Cl2NO3/c1-14(21(26)24-12-11-15-5-2-3-6-17(15)13-24)27-19(25)10-9-16-7-4-8-18(22)20(16)23/h2-10,14H,11-13H2,1H3/b10-9+. The smallest absolute Gasteiger partial charge is 0.331 e. The Morgan fingerprint density at radius 1 is 1.11 bits per heavy atom. The summed E-state index contributed by atoms with van der Waals surface area (Å²) in [6.07, 6.45) is 2.70. The molecule has 27 heavy (non-hydrogen) atoms. The van der Waals surface area contributed by atoms with Crippen LogP contribution >= 0.6 is 23.2 Å². The maximum absolute atomic E-state index is 12.6. The van der Waals surface area contributed by atoms with E-state index in [1.807, 2.05) is 18.2 Å². The highest BCUT2D eigenvalue weighted by molar-refractivity contribution is 6.42. The van der Waals surface area contributed by atoms with Gasteiger partial charge in [0.15, 0.2) is 6.10 Å². The van der Waals surface area contributed by atoms with Crippen LogP contribution in [0.3, 0.4) is 0 Å². The van der Waals surface area contributed by atoms with Crippen LogP contribution in [0.25, 0.3) is 6.08 Å². The largest absolute Gasteiger partial charge is 0.449 e. The van der Waals surface area contributed by atoms with Gasteiger partial charge in [-0.15, -0.1) is 0 Å². The minimum Gasteiger partial charge on any atom is -0.449 e. The van der Waals surface area contributed by atoms with Crippen molar-refractivity contribution in [2.45, 2.75) is 26.0 Å². The lowest BCUT2D eigenvalue weighted by Crippen LogP contribution is -2.42. The Bertz CT molecular complexity index is 895. The van der Waals surface area contributed by atoms with E-state index in [9.17, 15) is 9.59 Å². The SMILES string of the molecule is CC(OC(=O)/C=C/c1cccc(Cl)c1Cl)C(=O)N1CCc2ccccc2C1. The van der Waals surface area contributed by atoms with Gasteiger partial charge in [-0.3, -0.25) is 4.79 Å². The van der Waals surface area contributed by atoms with Gasteiger partial charge in [0.1, 0.15) is 0 Å². The monoisotopic (exact) mass is 403 g/mol. The molecule has 140 valence electrons. The number of amides is 1. The lowest BCUT2D eigenvalue weighted by molar-refractivity contribution is -0.155. The molecule has 1 amide bonds. The van der Waals surface area contributed by atoms with Crippen molar-refractivity contribution in [2.75, 3.05) is 6.54 Å². The zero-order valence-corrected chi connectivity index (χ0v) is 16.3. The van der Waals surface area contributed by atoms with Crippen molar-refractivity contribution in [1.29, 1.82) is 0 Å². The fourth-order valence-corrected chi connectivity index (χ4v) is 3.38. The van der Waals surface area contributed by atoms with Crippen LogP contribution in [0.2, 0.25) is 10.0 Å². The molecule has 1 atom stereocenters. The predicted octanol–water partition coefficient (Wildman–Crippen LogP) is 4.52. The Balaban J connectivity index is 1.59. The maximum Gasteiger partial charge on any atom is 0.331 e.